The van der Waals surface area contributed by atoms with E-state index in [2.05, 4.69) is 22.7 Å². The number of rotatable bonds is 5. The smallest absolute Gasteiger partial charge is 0.0331 e. The van der Waals surface area contributed by atoms with Crippen LogP contribution in [0, 0.1) is 12.3 Å². The molecular weight excluding hydrogens is 214 g/mol. The minimum Gasteiger partial charge on any atom is -0.310 e. The van der Waals surface area contributed by atoms with Crippen LogP contribution >= 0.6 is 11.3 Å². The summed E-state index contributed by atoms with van der Waals surface area (Å²) in [6, 6.07) is 2.89. The largest absolute Gasteiger partial charge is 0.310 e. The van der Waals surface area contributed by atoms with E-state index in [-0.39, 0.29) is 0 Å². The van der Waals surface area contributed by atoms with Gasteiger partial charge in [-0.3, -0.25) is 0 Å². The van der Waals surface area contributed by atoms with Gasteiger partial charge >= 0.3 is 0 Å². The first-order chi connectivity index (χ1) is 7.92. The second-order valence-corrected chi connectivity index (χ2v) is 5.36. The van der Waals surface area contributed by atoms with Gasteiger partial charge in [-0.2, -0.15) is 0 Å². The molecule has 0 radical (unpaired) electrons. The Balaban J connectivity index is 1.77. The highest BCUT2D eigenvalue weighted by molar-refractivity contribution is 7.10. The summed E-state index contributed by atoms with van der Waals surface area (Å²) in [5.74, 6) is 2.69. The molecule has 1 unspecified atom stereocenters. The highest BCUT2D eigenvalue weighted by atomic mass is 32.1. The SMILES string of the molecule is C#CCCCCNC1CCCc2sccc21. The first-order valence-corrected chi connectivity index (χ1v) is 7.03. The summed E-state index contributed by atoms with van der Waals surface area (Å²) in [6.07, 6.45) is 12.4. The van der Waals surface area contributed by atoms with E-state index in [0.29, 0.717) is 6.04 Å². The molecule has 1 N–H and O–H groups in total. The minimum atomic E-state index is 0.598. The molecule has 0 bridgehead atoms. The standard InChI is InChI=1S/C14H19NS/c1-2-3-4-5-10-15-13-7-6-8-14-12(13)9-11-16-14/h1,9,11,13,15H,3-8,10H2. The lowest BCUT2D eigenvalue weighted by molar-refractivity contribution is 0.456. The van der Waals surface area contributed by atoms with Gasteiger partial charge in [0.15, 0.2) is 0 Å². The van der Waals surface area contributed by atoms with E-state index < -0.39 is 0 Å². The van der Waals surface area contributed by atoms with Crippen molar-refractivity contribution in [2.45, 2.75) is 44.6 Å². The van der Waals surface area contributed by atoms with Gasteiger partial charge in [-0.1, -0.05) is 0 Å². The van der Waals surface area contributed by atoms with E-state index in [1.165, 1.54) is 25.7 Å². The van der Waals surface area contributed by atoms with Gasteiger partial charge in [0, 0.05) is 17.3 Å². The number of hydrogen-bond acceptors (Lipinski definition) is 2. The van der Waals surface area contributed by atoms with Crippen molar-refractivity contribution in [3.05, 3.63) is 21.9 Å². The summed E-state index contributed by atoms with van der Waals surface area (Å²) >= 11 is 1.91. The van der Waals surface area contributed by atoms with Crippen molar-refractivity contribution in [1.29, 1.82) is 0 Å². The second-order valence-electron chi connectivity index (χ2n) is 4.36. The van der Waals surface area contributed by atoms with Crippen LogP contribution in [0.5, 0.6) is 0 Å². The molecule has 2 heteroatoms. The molecule has 0 aromatic carbocycles. The first-order valence-electron chi connectivity index (χ1n) is 6.15. The first kappa shape index (κ1) is 11.7. The fourth-order valence-electron chi connectivity index (χ4n) is 2.33. The lowest BCUT2D eigenvalue weighted by Crippen LogP contribution is -2.25. The summed E-state index contributed by atoms with van der Waals surface area (Å²) in [6.45, 7) is 1.10. The molecule has 16 heavy (non-hydrogen) atoms. The Hall–Kier alpha value is -0.780. The fraction of sp³-hybridized carbons (Fsp3) is 0.571. The fourth-order valence-corrected chi connectivity index (χ4v) is 3.31. The summed E-state index contributed by atoms with van der Waals surface area (Å²) in [5.41, 5.74) is 1.55. The number of thiophene rings is 1. The van der Waals surface area contributed by atoms with E-state index in [9.17, 15) is 0 Å². The lowest BCUT2D eigenvalue weighted by atomic mass is 9.94. The molecule has 0 amide bonds. The van der Waals surface area contributed by atoms with E-state index in [4.69, 9.17) is 6.42 Å². The van der Waals surface area contributed by atoms with E-state index in [1.54, 1.807) is 10.4 Å². The molecule has 1 nitrogen and oxygen atoms in total. The summed E-state index contributed by atoms with van der Waals surface area (Å²) in [7, 11) is 0. The van der Waals surface area contributed by atoms with Gasteiger partial charge in [0.1, 0.15) is 0 Å². The van der Waals surface area contributed by atoms with Crippen molar-refractivity contribution >= 4 is 11.3 Å². The van der Waals surface area contributed by atoms with Gasteiger partial charge in [0.05, 0.1) is 0 Å². The molecule has 0 saturated carbocycles. The van der Waals surface area contributed by atoms with E-state index in [0.717, 1.165) is 19.4 Å². The molecule has 1 aromatic rings. The molecule has 0 fully saturated rings. The Morgan fingerprint density at radius 1 is 1.50 bits per heavy atom. The van der Waals surface area contributed by atoms with Crippen LogP contribution < -0.4 is 5.32 Å². The monoisotopic (exact) mass is 233 g/mol. The molecule has 2 rings (SSSR count). The van der Waals surface area contributed by atoms with Gasteiger partial charge in [0.2, 0.25) is 0 Å². The lowest BCUT2D eigenvalue weighted by Gasteiger charge is -2.23. The van der Waals surface area contributed by atoms with Crippen LogP contribution in [-0.2, 0) is 6.42 Å². The highest BCUT2D eigenvalue weighted by Crippen LogP contribution is 2.33. The Bertz CT molecular complexity index is 361. The van der Waals surface area contributed by atoms with Gasteiger partial charge < -0.3 is 5.32 Å². The highest BCUT2D eigenvalue weighted by Gasteiger charge is 2.19. The summed E-state index contributed by atoms with van der Waals surface area (Å²) < 4.78 is 0. The van der Waals surface area contributed by atoms with E-state index >= 15 is 0 Å². The number of nitrogens with one attached hydrogen (secondary N) is 1. The molecule has 0 saturated heterocycles. The van der Waals surface area contributed by atoms with Crippen LogP contribution in [0.3, 0.4) is 0 Å². The molecule has 1 aliphatic carbocycles. The van der Waals surface area contributed by atoms with Crippen LogP contribution in [0.1, 0.15) is 48.6 Å². The normalized spacial score (nSPS) is 19.1. The summed E-state index contributed by atoms with van der Waals surface area (Å²) in [4.78, 5) is 1.59. The Labute approximate surface area is 102 Å². The third kappa shape index (κ3) is 2.87. The van der Waals surface area contributed by atoms with Crippen molar-refractivity contribution in [2.75, 3.05) is 6.54 Å². The average molecular weight is 233 g/mol. The van der Waals surface area contributed by atoms with Gasteiger partial charge in [-0.15, -0.1) is 23.7 Å². The Kier molecular flexibility index (Phi) is 4.44. The maximum atomic E-state index is 5.23. The van der Waals surface area contributed by atoms with Crippen LogP contribution in [-0.4, -0.2) is 6.54 Å². The maximum absolute atomic E-state index is 5.23. The van der Waals surface area contributed by atoms with Crippen molar-refractivity contribution in [3.63, 3.8) is 0 Å². The number of aryl methyl sites for hydroxylation is 1. The molecule has 1 aromatic heterocycles. The van der Waals surface area contributed by atoms with Gasteiger partial charge in [-0.25, -0.2) is 0 Å². The van der Waals surface area contributed by atoms with Crippen LogP contribution in [0.25, 0.3) is 0 Å². The zero-order valence-electron chi connectivity index (χ0n) is 9.67. The van der Waals surface area contributed by atoms with Crippen LogP contribution in [0.15, 0.2) is 11.4 Å². The molecule has 1 atom stereocenters. The van der Waals surface area contributed by atoms with Crippen molar-refractivity contribution in [1.82, 2.24) is 5.32 Å². The van der Waals surface area contributed by atoms with Crippen molar-refractivity contribution in [2.24, 2.45) is 0 Å². The predicted octanol–water partition coefficient (Wildman–Crippen LogP) is 3.52. The quantitative estimate of drug-likeness (QED) is 0.606. The molecule has 86 valence electrons. The molecule has 0 spiro atoms. The Morgan fingerprint density at radius 2 is 2.44 bits per heavy atom. The number of hydrogen-bond donors (Lipinski definition) is 1. The maximum Gasteiger partial charge on any atom is 0.0331 e. The molecule has 1 aliphatic rings. The number of unbranched alkanes of at least 4 members (excludes halogenated alkanes) is 2. The zero-order valence-corrected chi connectivity index (χ0v) is 10.5. The zero-order chi connectivity index (χ0) is 11.2. The minimum absolute atomic E-state index is 0.598. The molecule has 0 aliphatic heterocycles. The van der Waals surface area contributed by atoms with E-state index in [1.807, 2.05) is 11.3 Å². The Morgan fingerprint density at radius 3 is 3.31 bits per heavy atom. The summed E-state index contributed by atoms with van der Waals surface area (Å²) in [5, 5.41) is 5.89. The third-order valence-electron chi connectivity index (χ3n) is 3.19. The predicted molar refractivity (Wildman–Crippen MR) is 70.7 cm³/mol. The molecular formula is C14H19NS. The number of fused-ring (bicyclic) bond motifs is 1. The third-order valence-corrected chi connectivity index (χ3v) is 4.19. The van der Waals surface area contributed by atoms with Crippen molar-refractivity contribution in [3.8, 4) is 12.3 Å². The average Bonchev–Trinajstić information content (AvgIpc) is 2.77. The van der Waals surface area contributed by atoms with Gasteiger partial charge in [-0.05, 0) is 55.7 Å². The van der Waals surface area contributed by atoms with Crippen molar-refractivity contribution < 1.29 is 0 Å². The number of terminal acetylenes is 1. The van der Waals surface area contributed by atoms with Crippen LogP contribution in [0.4, 0.5) is 0 Å². The second kappa shape index (κ2) is 6.08. The van der Waals surface area contributed by atoms with Crippen LogP contribution in [0.2, 0.25) is 0 Å². The topological polar surface area (TPSA) is 12.0 Å². The van der Waals surface area contributed by atoms with Gasteiger partial charge in [0.25, 0.3) is 0 Å². The molecule has 1 heterocycles.